The van der Waals surface area contributed by atoms with Crippen LogP contribution in [-0.2, 0) is 0 Å². The smallest absolute Gasteiger partial charge is 0.00390 e. The van der Waals surface area contributed by atoms with Crippen LogP contribution in [0.4, 0.5) is 0 Å². The fourth-order valence-electron chi connectivity index (χ4n) is 1.22. The Labute approximate surface area is 77.0 Å². The molecule has 0 fully saturated rings. The number of nitrogens with two attached hydrogens (primary N) is 1. The summed E-state index contributed by atoms with van der Waals surface area (Å²) in [5, 5.41) is 0. The zero-order valence-corrected chi connectivity index (χ0v) is 8.55. The monoisotopic (exact) mass is 169 g/mol. The van der Waals surface area contributed by atoms with Gasteiger partial charge in [0.25, 0.3) is 0 Å². The van der Waals surface area contributed by atoms with E-state index in [4.69, 9.17) is 5.73 Å². The van der Waals surface area contributed by atoms with Gasteiger partial charge in [0.1, 0.15) is 0 Å². The highest BCUT2D eigenvalue weighted by Crippen LogP contribution is 2.09. The Balaban J connectivity index is 3.21. The first-order valence-electron chi connectivity index (χ1n) is 5.03. The molecule has 0 bridgehead atoms. The van der Waals surface area contributed by atoms with Gasteiger partial charge in [-0.15, -0.1) is 6.58 Å². The van der Waals surface area contributed by atoms with Crippen LogP contribution in [0.15, 0.2) is 12.7 Å². The number of hydrogen-bond donors (Lipinski definition) is 1. The molecule has 0 aromatic rings. The van der Waals surface area contributed by atoms with Gasteiger partial charge in [-0.2, -0.15) is 0 Å². The van der Waals surface area contributed by atoms with Crippen molar-refractivity contribution in [3.63, 3.8) is 0 Å². The van der Waals surface area contributed by atoms with Crippen molar-refractivity contribution < 1.29 is 0 Å². The third-order valence-electron chi connectivity index (χ3n) is 2.10. The average Bonchev–Trinajstić information content (AvgIpc) is 2.01. The van der Waals surface area contributed by atoms with Crippen molar-refractivity contribution in [2.45, 2.75) is 52.0 Å². The number of allylic oxidation sites excluding steroid dienone is 1. The van der Waals surface area contributed by atoms with E-state index < -0.39 is 0 Å². The van der Waals surface area contributed by atoms with Gasteiger partial charge in [-0.25, -0.2) is 0 Å². The fraction of sp³-hybridized carbons (Fsp3) is 0.818. The minimum absolute atomic E-state index is 0.410. The van der Waals surface area contributed by atoms with E-state index in [2.05, 4.69) is 20.4 Å². The molecule has 0 saturated heterocycles. The first-order valence-corrected chi connectivity index (χ1v) is 5.03. The lowest BCUT2D eigenvalue weighted by molar-refractivity contribution is 0.471. The fourth-order valence-corrected chi connectivity index (χ4v) is 1.22. The molecule has 1 atom stereocenters. The highest BCUT2D eigenvalue weighted by Gasteiger charge is 2.02. The van der Waals surface area contributed by atoms with Crippen LogP contribution in [0.3, 0.4) is 0 Å². The Morgan fingerprint density at radius 2 is 1.92 bits per heavy atom. The molecule has 1 nitrogen and oxygen atoms in total. The molecule has 0 aromatic heterocycles. The van der Waals surface area contributed by atoms with Crippen molar-refractivity contribution in [2.75, 3.05) is 0 Å². The molecule has 0 aliphatic carbocycles. The van der Waals surface area contributed by atoms with Gasteiger partial charge in [-0.1, -0.05) is 19.9 Å². The number of hydrogen-bond acceptors (Lipinski definition) is 1. The lowest BCUT2D eigenvalue weighted by atomic mass is 10.0. The summed E-state index contributed by atoms with van der Waals surface area (Å²) < 4.78 is 0. The van der Waals surface area contributed by atoms with E-state index >= 15 is 0 Å². The van der Waals surface area contributed by atoms with E-state index in [9.17, 15) is 0 Å². The van der Waals surface area contributed by atoms with Crippen LogP contribution in [0.1, 0.15) is 46.0 Å². The molecule has 0 rings (SSSR count). The van der Waals surface area contributed by atoms with Gasteiger partial charge in [0.05, 0.1) is 0 Å². The van der Waals surface area contributed by atoms with Crippen molar-refractivity contribution in [1.29, 1.82) is 0 Å². The molecule has 12 heavy (non-hydrogen) atoms. The lowest BCUT2D eigenvalue weighted by Gasteiger charge is -2.11. The maximum atomic E-state index is 5.93. The summed E-state index contributed by atoms with van der Waals surface area (Å²) in [6.07, 6.45) is 7.86. The Morgan fingerprint density at radius 3 is 2.42 bits per heavy atom. The predicted molar refractivity (Wildman–Crippen MR) is 56.1 cm³/mol. The number of rotatable bonds is 7. The van der Waals surface area contributed by atoms with Crippen molar-refractivity contribution in [2.24, 2.45) is 11.7 Å². The molecule has 0 aliphatic rings. The summed E-state index contributed by atoms with van der Waals surface area (Å²) in [6, 6.07) is 0.410. The van der Waals surface area contributed by atoms with E-state index in [1.807, 2.05) is 6.08 Å². The Hall–Kier alpha value is -0.300. The highest BCUT2D eigenvalue weighted by molar-refractivity contribution is 4.69. The largest absolute Gasteiger partial charge is 0.328 e. The molecule has 0 heterocycles. The minimum Gasteiger partial charge on any atom is -0.328 e. The third kappa shape index (κ3) is 7.80. The maximum Gasteiger partial charge on any atom is 0.00390 e. The molecule has 0 aliphatic heterocycles. The van der Waals surface area contributed by atoms with Gasteiger partial charge in [0, 0.05) is 6.04 Å². The van der Waals surface area contributed by atoms with Crippen molar-refractivity contribution in [3.8, 4) is 0 Å². The average molecular weight is 169 g/mol. The van der Waals surface area contributed by atoms with Gasteiger partial charge in [-0.05, 0) is 38.0 Å². The highest BCUT2D eigenvalue weighted by atomic mass is 14.6. The van der Waals surface area contributed by atoms with Crippen molar-refractivity contribution in [1.82, 2.24) is 0 Å². The van der Waals surface area contributed by atoms with Crippen LogP contribution >= 0.6 is 0 Å². The molecule has 1 unspecified atom stereocenters. The molecular weight excluding hydrogens is 146 g/mol. The molecule has 2 N–H and O–H groups in total. The van der Waals surface area contributed by atoms with E-state index in [0.29, 0.717) is 6.04 Å². The summed E-state index contributed by atoms with van der Waals surface area (Å²) in [5.41, 5.74) is 5.93. The third-order valence-corrected chi connectivity index (χ3v) is 2.10. The summed E-state index contributed by atoms with van der Waals surface area (Å²) in [7, 11) is 0. The molecule has 0 amide bonds. The molecule has 0 radical (unpaired) electrons. The normalized spacial score (nSPS) is 13.3. The Morgan fingerprint density at radius 1 is 1.25 bits per heavy atom. The van der Waals surface area contributed by atoms with E-state index in [-0.39, 0.29) is 0 Å². The molecule has 0 aromatic carbocycles. The van der Waals surface area contributed by atoms with Crippen LogP contribution in [0.5, 0.6) is 0 Å². The first-order chi connectivity index (χ1) is 5.66. The molecule has 1 heteroatoms. The van der Waals surface area contributed by atoms with Crippen molar-refractivity contribution >= 4 is 0 Å². The number of unbranched alkanes of at least 4 members (excludes halogenated alkanes) is 1. The second kappa shape index (κ2) is 7.35. The van der Waals surface area contributed by atoms with Crippen LogP contribution in [0.25, 0.3) is 0 Å². The molecule has 72 valence electrons. The van der Waals surface area contributed by atoms with Crippen molar-refractivity contribution in [3.05, 3.63) is 12.7 Å². The van der Waals surface area contributed by atoms with E-state index in [1.165, 1.54) is 19.3 Å². The standard InChI is InChI=1S/C11H23N/c1-4-5-6-7-11(12)9-8-10(2)3/h4,10-11H,1,5-9,12H2,2-3H3. The van der Waals surface area contributed by atoms with Crippen LogP contribution < -0.4 is 5.73 Å². The minimum atomic E-state index is 0.410. The van der Waals surface area contributed by atoms with Gasteiger partial charge in [0.2, 0.25) is 0 Å². The molecular formula is C11H23N. The summed E-state index contributed by atoms with van der Waals surface area (Å²) in [5.74, 6) is 0.787. The summed E-state index contributed by atoms with van der Waals surface area (Å²) in [6.45, 7) is 8.18. The quantitative estimate of drug-likeness (QED) is 0.460. The second-order valence-electron chi connectivity index (χ2n) is 3.95. The lowest BCUT2D eigenvalue weighted by Crippen LogP contribution is -2.20. The topological polar surface area (TPSA) is 26.0 Å². The van der Waals surface area contributed by atoms with Crippen LogP contribution in [0, 0.1) is 5.92 Å². The molecule has 0 saturated carbocycles. The van der Waals surface area contributed by atoms with Gasteiger partial charge >= 0.3 is 0 Å². The predicted octanol–water partition coefficient (Wildman–Crippen LogP) is 3.11. The zero-order chi connectivity index (χ0) is 9.40. The summed E-state index contributed by atoms with van der Waals surface area (Å²) >= 11 is 0. The van der Waals surface area contributed by atoms with Gasteiger partial charge in [-0.3, -0.25) is 0 Å². The Bertz CT molecular complexity index is 108. The Kier molecular flexibility index (Phi) is 7.17. The van der Waals surface area contributed by atoms with Crippen LogP contribution in [0.2, 0.25) is 0 Å². The zero-order valence-electron chi connectivity index (χ0n) is 8.55. The summed E-state index contributed by atoms with van der Waals surface area (Å²) in [4.78, 5) is 0. The SMILES string of the molecule is C=CCCCC(N)CCC(C)C. The van der Waals surface area contributed by atoms with E-state index in [0.717, 1.165) is 18.8 Å². The maximum absolute atomic E-state index is 5.93. The first kappa shape index (κ1) is 11.7. The van der Waals surface area contributed by atoms with Gasteiger partial charge < -0.3 is 5.73 Å². The van der Waals surface area contributed by atoms with Crippen LogP contribution in [-0.4, -0.2) is 6.04 Å². The second-order valence-corrected chi connectivity index (χ2v) is 3.95. The van der Waals surface area contributed by atoms with Gasteiger partial charge in [0.15, 0.2) is 0 Å². The molecule has 0 spiro atoms. The van der Waals surface area contributed by atoms with E-state index in [1.54, 1.807) is 0 Å².